The zero-order valence-corrected chi connectivity index (χ0v) is 24.6. The average molecular weight is 595 g/mol. The molecule has 14 heteroatoms. The molecule has 0 unspecified atom stereocenters. The number of aryl methyl sites for hydroxylation is 2. The molecule has 2 saturated heterocycles. The normalized spacial score (nSPS) is 32.3. The lowest BCUT2D eigenvalue weighted by Crippen LogP contribution is -2.60. The Morgan fingerprint density at radius 1 is 1.05 bits per heavy atom. The quantitative estimate of drug-likeness (QED) is 0.166. The van der Waals surface area contributed by atoms with Crippen LogP contribution in [0.1, 0.15) is 31.0 Å². The van der Waals surface area contributed by atoms with Crippen LogP contribution in [0.2, 0.25) is 18.6 Å². The number of carbonyl (C=O) groups excluding carboxylic acids is 1. The van der Waals surface area contributed by atoms with Gasteiger partial charge in [0.15, 0.2) is 20.7 Å². The van der Waals surface area contributed by atoms with Crippen molar-refractivity contribution in [1.82, 2.24) is 15.0 Å². The summed E-state index contributed by atoms with van der Waals surface area (Å²) in [7, 11) is -2.54. The van der Waals surface area contributed by atoms with Crippen molar-refractivity contribution in [3.05, 3.63) is 41.7 Å². The average Bonchev–Trinajstić information content (AvgIpc) is 3.50. The second-order valence-corrected chi connectivity index (χ2v) is 15.6. The minimum absolute atomic E-state index is 0.0165. The smallest absolute Gasteiger partial charge is 0.256 e. The van der Waals surface area contributed by atoms with Crippen molar-refractivity contribution in [2.75, 3.05) is 11.9 Å². The van der Waals surface area contributed by atoms with E-state index in [1.54, 1.807) is 22.9 Å². The van der Waals surface area contributed by atoms with Crippen LogP contribution in [0.15, 0.2) is 30.5 Å². The molecule has 3 heterocycles. The van der Waals surface area contributed by atoms with E-state index in [1.165, 1.54) is 0 Å². The molecular weight excluding hydrogens is 552 g/mol. The van der Waals surface area contributed by atoms with Gasteiger partial charge >= 0.3 is 0 Å². The van der Waals surface area contributed by atoms with E-state index in [2.05, 4.69) is 22.6 Å². The highest BCUT2D eigenvalue weighted by Gasteiger charge is 2.49. The molecule has 0 bridgehead atoms. The third kappa shape index (κ3) is 7.58. The number of benzene rings is 1. The maximum atomic E-state index is 12.7. The van der Waals surface area contributed by atoms with E-state index in [9.17, 15) is 30.0 Å². The summed E-state index contributed by atoms with van der Waals surface area (Å²) in [5, 5.41) is 59.3. The topological polar surface area (TPSA) is 200 Å². The van der Waals surface area contributed by atoms with Gasteiger partial charge in [-0.25, -0.2) is 0 Å². The van der Waals surface area contributed by atoms with Gasteiger partial charge in [0, 0.05) is 37.0 Å². The van der Waals surface area contributed by atoms with Crippen LogP contribution < -0.4 is 5.32 Å². The first-order valence-corrected chi connectivity index (χ1v) is 17.1. The predicted octanol–water partition coefficient (Wildman–Crippen LogP) is -0.455. The van der Waals surface area contributed by atoms with Gasteiger partial charge in [-0.05, 0) is 56.0 Å². The molecule has 2 aliphatic rings. The first-order valence-electron chi connectivity index (χ1n) is 14.0. The number of anilines is 1. The molecule has 4 rings (SSSR count). The van der Waals surface area contributed by atoms with Gasteiger partial charge in [-0.2, -0.15) is 0 Å². The molecule has 1 aromatic heterocycles. The maximum absolute atomic E-state index is 12.7. The van der Waals surface area contributed by atoms with Crippen LogP contribution in [0.4, 0.5) is 5.69 Å². The Balaban J connectivity index is 1.35. The minimum Gasteiger partial charge on any atom is -0.432 e. The summed E-state index contributed by atoms with van der Waals surface area (Å²) in [5.74, 6) is -0.613. The summed E-state index contributed by atoms with van der Waals surface area (Å²) in [5.41, 5.74) is 2.17. The van der Waals surface area contributed by atoms with Crippen LogP contribution in [-0.4, -0.2) is 109 Å². The molecule has 2 fully saturated rings. The molecule has 0 aliphatic carbocycles. The third-order valence-electron chi connectivity index (χ3n) is 8.07. The van der Waals surface area contributed by atoms with Crippen molar-refractivity contribution in [2.24, 2.45) is 5.92 Å². The van der Waals surface area contributed by atoms with Crippen LogP contribution in [0.3, 0.4) is 0 Å². The zero-order chi connectivity index (χ0) is 29.9. The number of ether oxygens (including phenoxy) is 2. The van der Waals surface area contributed by atoms with E-state index in [0.717, 1.165) is 11.3 Å². The van der Waals surface area contributed by atoms with E-state index in [1.807, 2.05) is 25.4 Å². The summed E-state index contributed by atoms with van der Waals surface area (Å²) in [6.45, 7) is 6.63. The van der Waals surface area contributed by atoms with Gasteiger partial charge in [-0.3, -0.25) is 9.48 Å². The summed E-state index contributed by atoms with van der Waals surface area (Å²) >= 11 is 0. The van der Waals surface area contributed by atoms with E-state index >= 15 is 0 Å². The zero-order valence-electron chi connectivity index (χ0n) is 23.6. The largest absolute Gasteiger partial charge is 0.432 e. The lowest BCUT2D eigenvalue weighted by atomic mass is 9.95. The Hall–Kier alpha value is -2.27. The molecule has 0 spiro atoms. The van der Waals surface area contributed by atoms with Crippen LogP contribution in [0, 0.1) is 5.92 Å². The Bertz CT molecular complexity index is 1160. The number of carbonyl (C=O) groups is 1. The molecule has 0 saturated carbocycles. The van der Waals surface area contributed by atoms with Crippen molar-refractivity contribution in [1.29, 1.82) is 0 Å². The van der Waals surface area contributed by atoms with E-state index in [0.29, 0.717) is 37.9 Å². The number of nitrogens with one attached hydrogen (secondary N) is 1. The highest BCUT2D eigenvalue weighted by Crippen LogP contribution is 2.45. The number of aromatic nitrogens is 3. The molecule has 1 amide bonds. The Kier molecular flexibility index (Phi) is 10.3. The summed E-state index contributed by atoms with van der Waals surface area (Å²) in [6, 6.07) is 7.19. The Morgan fingerprint density at radius 3 is 2.51 bits per heavy atom. The number of aliphatic hydroxyl groups excluding tert-OH is 5. The van der Waals surface area contributed by atoms with E-state index in [4.69, 9.17) is 14.6 Å². The fraction of sp³-hybridized carbons (Fsp3) is 0.667. The first-order chi connectivity index (χ1) is 19.4. The number of aliphatic hydroxyl groups is 5. The second kappa shape index (κ2) is 13.4. The number of nitrogens with zero attached hydrogens (tertiary/aromatic N) is 3. The Labute approximate surface area is 239 Å². The molecule has 2 aromatic rings. The van der Waals surface area contributed by atoms with Crippen molar-refractivity contribution in [2.45, 2.75) is 101 Å². The minimum atomic E-state index is -2.54. The summed E-state index contributed by atoms with van der Waals surface area (Å²) < 4.78 is 13.3. The second-order valence-electron chi connectivity index (χ2n) is 11.6. The predicted molar refractivity (Wildman–Crippen MR) is 149 cm³/mol. The lowest BCUT2D eigenvalue weighted by molar-refractivity contribution is -0.274. The number of rotatable bonds is 11. The van der Waals surface area contributed by atoms with Crippen molar-refractivity contribution < 1.29 is 44.6 Å². The van der Waals surface area contributed by atoms with Gasteiger partial charge < -0.3 is 45.1 Å². The van der Waals surface area contributed by atoms with Crippen molar-refractivity contribution in [3.63, 3.8) is 0 Å². The van der Waals surface area contributed by atoms with Crippen LogP contribution >= 0.6 is 0 Å². The van der Waals surface area contributed by atoms with Gasteiger partial charge in [0.1, 0.15) is 18.3 Å². The molecular formula is C27H42N4O9Si. The summed E-state index contributed by atoms with van der Waals surface area (Å²) in [6.07, 6.45) is -4.37. The number of hydrogen-bond donors (Lipinski definition) is 7. The molecule has 1 aromatic carbocycles. The highest BCUT2D eigenvalue weighted by atomic mass is 28.4. The van der Waals surface area contributed by atoms with Crippen molar-refractivity contribution in [3.8, 4) is 0 Å². The molecule has 41 heavy (non-hydrogen) atoms. The molecule has 9 atom stereocenters. The first kappa shape index (κ1) is 31.7. The third-order valence-corrected chi connectivity index (χ3v) is 10.6. The molecule has 7 N–H and O–H groups in total. The fourth-order valence-corrected chi connectivity index (χ4v) is 8.68. The van der Waals surface area contributed by atoms with Gasteiger partial charge in [-0.15, -0.1) is 5.10 Å². The lowest BCUT2D eigenvalue weighted by Gasteiger charge is -2.37. The number of amides is 1. The molecule has 2 aliphatic heterocycles. The van der Waals surface area contributed by atoms with Gasteiger partial charge in [-0.1, -0.05) is 24.3 Å². The summed E-state index contributed by atoms with van der Waals surface area (Å²) in [4.78, 5) is 23.8. The SMILES string of the molecule is C[C@@H]1[C@@H]([Si](C)(C)O)[C@H](CCn2cc(CCO)nn2)O[C@@H]1CCc1cccc(NC(=O)[C@H]2O[C@@H](O)[C@H](O)[C@@H](O)[C@@H]2O)c1. The highest BCUT2D eigenvalue weighted by molar-refractivity contribution is 6.71. The monoisotopic (exact) mass is 594 g/mol. The van der Waals surface area contributed by atoms with Gasteiger partial charge in [0.2, 0.25) is 0 Å². The van der Waals surface area contributed by atoms with Crippen molar-refractivity contribution >= 4 is 19.9 Å². The van der Waals surface area contributed by atoms with E-state index in [-0.39, 0.29) is 30.3 Å². The molecule has 0 radical (unpaired) electrons. The van der Waals surface area contributed by atoms with Gasteiger partial charge in [0.25, 0.3) is 5.91 Å². The fourth-order valence-electron chi connectivity index (χ4n) is 6.02. The molecule has 13 nitrogen and oxygen atoms in total. The maximum Gasteiger partial charge on any atom is 0.256 e. The van der Waals surface area contributed by atoms with Crippen LogP contribution in [-0.2, 0) is 33.7 Å². The number of hydrogen-bond acceptors (Lipinski definition) is 11. The van der Waals surface area contributed by atoms with Crippen LogP contribution in [0.25, 0.3) is 0 Å². The van der Waals surface area contributed by atoms with Gasteiger partial charge in [0.05, 0.1) is 17.9 Å². The standard InChI is InChI=1S/C27H42N4O9Si/c1-15-19(39-20(25(15)41(2,3)38)9-11-31-14-18(10-12-32)29-30-31)8-7-16-5-4-6-17(13-16)28-26(36)24-22(34)21(33)23(35)27(37)40-24/h4-6,13-15,19-25,27,32-35,37-38H,7-12H2,1-3H3,(H,28,36)/t15-,19+,20-,21-,22-,23+,24-,25+,27+/m0/s1. The Morgan fingerprint density at radius 2 is 1.80 bits per heavy atom. The molecule has 228 valence electrons. The van der Waals surface area contributed by atoms with Crippen LogP contribution in [0.5, 0.6) is 0 Å². The van der Waals surface area contributed by atoms with E-state index < -0.39 is 44.9 Å².